The number of pyridine rings is 1. The smallest absolute Gasteiger partial charge is 0.168 e. The van der Waals surface area contributed by atoms with Gasteiger partial charge in [-0.3, -0.25) is 9.78 Å². The molecule has 0 aliphatic rings. The highest BCUT2D eigenvalue weighted by Gasteiger charge is 2.07. The number of aryl methyl sites for hydroxylation is 1. The van der Waals surface area contributed by atoms with E-state index in [0.717, 1.165) is 21.2 Å². The maximum absolute atomic E-state index is 12.0. The van der Waals surface area contributed by atoms with Crippen molar-refractivity contribution in [3.05, 3.63) is 63.0 Å². The third kappa shape index (κ3) is 3.38. The Morgan fingerprint density at radius 1 is 1.17 bits per heavy atom. The van der Waals surface area contributed by atoms with Gasteiger partial charge in [0.25, 0.3) is 0 Å². The van der Waals surface area contributed by atoms with Gasteiger partial charge in [0.05, 0.1) is 6.42 Å². The monoisotopic (exact) mass is 351 g/mol. The molecular formula is C15H14INO. The Balaban J connectivity index is 2.08. The number of carbonyl (C=O) groups excluding carboxylic acids is 1. The summed E-state index contributed by atoms with van der Waals surface area (Å²) in [6.45, 7) is 2.09. The van der Waals surface area contributed by atoms with E-state index in [0.29, 0.717) is 6.42 Å². The van der Waals surface area contributed by atoms with E-state index in [1.165, 1.54) is 5.56 Å². The summed E-state index contributed by atoms with van der Waals surface area (Å²) in [5.41, 5.74) is 2.77. The van der Waals surface area contributed by atoms with Gasteiger partial charge in [-0.15, -0.1) is 0 Å². The van der Waals surface area contributed by atoms with Crippen molar-refractivity contribution in [2.24, 2.45) is 0 Å². The molecule has 0 saturated carbocycles. The first kappa shape index (κ1) is 13.2. The van der Waals surface area contributed by atoms with Crippen LogP contribution in [0.4, 0.5) is 0 Å². The predicted molar refractivity (Wildman–Crippen MR) is 80.8 cm³/mol. The van der Waals surface area contributed by atoms with Crippen molar-refractivity contribution in [2.45, 2.75) is 19.8 Å². The third-order valence-corrected chi connectivity index (χ3v) is 3.52. The van der Waals surface area contributed by atoms with Crippen LogP contribution in [0.15, 0.2) is 42.6 Å². The largest absolute Gasteiger partial charge is 0.294 e. The molecule has 92 valence electrons. The average Bonchev–Trinajstić information content (AvgIpc) is 2.40. The Hall–Kier alpha value is -1.23. The number of halogens is 1. The second kappa shape index (κ2) is 6.09. The molecule has 2 rings (SSSR count). The van der Waals surface area contributed by atoms with E-state index in [4.69, 9.17) is 0 Å². The molecule has 0 atom stereocenters. The first-order valence-electron chi connectivity index (χ1n) is 5.91. The minimum atomic E-state index is 0.114. The highest BCUT2D eigenvalue weighted by Crippen LogP contribution is 2.10. The number of Topliss-reactive ketones (excluding diaryl/α,β-unsaturated/α-hetero) is 1. The van der Waals surface area contributed by atoms with Crippen molar-refractivity contribution in [1.29, 1.82) is 0 Å². The van der Waals surface area contributed by atoms with Gasteiger partial charge in [0.1, 0.15) is 0 Å². The molecule has 0 amide bonds. The van der Waals surface area contributed by atoms with Crippen LogP contribution in [0.3, 0.4) is 0 Å². The average molecular weight is 351 g/mol. The summed E-state index contributed by atoms with van der Waals surface area (Å²) in [6, 6.07) is 11.6. The van der Waals surface area contributed by atoms with E-state index < -0.39 is 0 Å². The number of nitrogens with zero attached hydrogens (tertiary/aromatic N) is 1. The fourth-order valence-corrected chi connectivity index (χ4v) is 2.03. The number of hydrogen-bond donors (Lipinski definition) is 0. The second-order valence-corrected chi connectivity index (χ2v) is 5.36. The second-order valence-electron chi connectivity index (χ2n) is 4.12. The molecule has 3 heteroatoms. The third-order valence-electron chi connectivity index (χ3n) is 2.80. The molecule has 0 radical (unpaired) electrons. The molecule has 1 heterocycles. The standard InChI is InChI=1S/C15H14INO/c1-2-11-3-8-14(17-10-11)9-15(18)12-4-6-13(16)7-5-12/h3-8,10H,2,9H2,1H3. The summed E-state index contributed by atoms with van der Waals surface area (Å²) in [5.74, 6) is 0.114. The van der Waals surface area contributed by atoms with Crippen molar-refractivity contribution in [1.82, 2.24) is 4.98 Å². The lowest BCUT2D eigenvalue weighted by atomic mass is 10.1. The first-order valence-corrected chi connectivity index (χ1v) is 6.99. The Morgan fingerprint density at radius 2 is 1.89 bits per heavy atom. The summed E-state index contributed by atoms with van der Waals surface area (Å²) in [6.07, 6.45) is 3.18. The van der Waals surface area contributed by atoms with Crippen LogP contribution in [-0.2, 0) is 12.8 Å². The minimum absolute atomic E-state index is 0.114. The maximum atomic E-state index is 12.0. The van der Waals surface area contributed by atoms with Gasteiger partial charge in [-0.05, 0) is 52.8 Å². The Morgan fingerprint density at radius 3 is 2.44 bits per heavy atom. The molecule has 0 spiro atoms. The maximum Gasteiger partial charge on any atom is 0.168 e. The molecule has 0 unspecified atom stereocenters. The number of rotatable bonds is 4. The summed E-state index contributed by atoms with van der Waals surface area (Å²) in [5, 5.41) is 0. The lowest BCUT2D eigenvalue weighted by Crippen LogP contribution is -2.05. The van der Waals surface area contributed by atoms with Crippen LogP contribution in [0.5, 0.6) is 0 Å². The zero-order chi connectivity index (χ0) is 13.0. The molecule has 2 aromatic rings. The van der Waals surface area contributed by atoms with Crippen molar-refractivity contribution >= 4 is 28.4 Å². The van der Waals surface area contributed by atoms with Gasteiger partial charge < -0.3 is 0 Å². The van der Waals surface area contributed by atoms with Gasteiger partial charge in [-0.1, -0.05) is 25.1 Å². The quantitative estimate of drug-likeness (QED) is 0.621. The van der Waals surface area contributed by atoms with E-state index in [2.05, 4.69) is 34.5 Å². The lowest BCUT2D eigenvalue weighted by molar-refractivity contribution is 0.0992. The molecule has 1 aromatic heterocycles. The summed E-state index contributed by atoms with van der Waals surface area (Å²) in [7, 11) is 0. The molecule has 0 bridgehead atoms. The van der Waals surface area contributed by atoms with E-state index in [9.17, 15) is 4.79 Å². The van der Waals surface area contributed by atoms with Gasteiger partial charge in [0.15, 0.2) is 5.78 Å². The van der Waals surface area contributed by atoms with Crippen molar-refractivity contribution in [3.8, 4) is 0 Å². The zero-order valence-corrected chi connectivity index (χ0v) is 12.3. The highest BCUT2D eigenvalue weighted by atomic mass is 127. The van der Waals surface area contributed by atoms with Gasteiger partial charge in [0.2, 0.25) is 0 Å². The molecule has 1 aromatic carbocycles. The Kier molecular flexibility index (Phi) is 4.47. The summed E-state index contributed by atoms with van der Waals surface area (Å²) < 4.78 is 1.13. The molecular weight excluding hydrogens is 337 g/mol. The van der Waals surface area contributed by atoms with Crippen LogP contribution in [0.2, 0.25) is 0 Å². The van der Waals surface area contributed by atoms with Crippen molar-refractivity contribution in [2.75, 3.05) is 0 Å². The van der Waals surface area contributed by atoms with E-state index >= 15 is 0 Å². The number of carbonyl (C=O) groups is 1. The first-order chi connectivity index (χ1) is 8.69. The molecule has 18 heavy (non-hydrogen) atoms. The van der Waals surface area contributed by atoms with Crippen LogP contribution in [0, 0.1) is 3.57 Å². The lowest BCUT2D eigenvalue weighted by Gasteiger charge is -2.02. The molecule has 0 saturated heterocycles. The molecule has 2 nitrogen and oxygen atoms in total. The number of ketones is 1. The topological polar surface area (TPSA) is 30.0 Å². The molecule has 0 fully saturated rings. The Bertz CT molecular complexity index is 531. The highest BCUT2D eigenvalue weighted by molar-refractivity contribution is 14.1. The molecule has 0 N–H and O–H groups in total. The summed E-state index contributed by atoms with van der Waals surface area (Å²) in [4.78, 5) is 16.3. The predicted octanol–water partition coefficient (Wildman–Crippen LogP) is 3.67. The normalized spacial score (nSPS) is 10.3. The van der Waals surface area contributed by atoms with Crippen molar-refractivity contribution in [3.63, 3.8) is 0 Å². The van der Waals surface area contributed by atoms with Gasteiger partial charge >= 0.3 is 0 Å². The van der Waals surface area contributed by atoms with Gasteiger partial charge in [-0.2, -0.15) is 0 Å². The summed E-state index contributed by atoms with van der Waals surface area (Å²) >= 11 is 2.23. The van der Waals surface area contributed by atoms with Crippen LogP contribution in [0.1, 0.15) is 28.5 Å². The molecule has 0 aliphatic heterocycles. The zero-order valence-electron chi connectivity index (χ0n) is 10.2. The fraction of sp³-hybridized carbons (Fsp3) is 0.200. The number of aromatic nitrogens is 1. The van der Waals surface area contributed by atoms with Crippen LogP contribution >= 0.6 is 22.6 Å². The van der Waals surface area contributed by atoms with Crippen LogP contribution in [0.25, 0.3) is 0 Å². The van der Waals surface area contributed by atoms with Crippen LogP contribution in [-0.4, -0.2) is 10.8 Å². The number of hydrogen-bond acceptors (Lipinski definition) is 2. The van der Waals surface area contributed by atoms with E-state index in [1.807, 2.05) is 42.6 Å². The van der Waals surface area contributed by atoms with Crippen LogP contribution < -0.4 is 0 Å². The Labute approximate surface area is 121 Å². The van der Waals surface area contributed by atoms with Crippen molar-refractivity contribution < 1.29 is 4.79 Å². The van der Waals surface area contributed by atoms with E-state index in [1.54, 1.807) is 0 Å². The SMILES string of the molecule is CCc1ccc(CC(=O)c2ccc(I)cc2)nc1. The van der Waals surface area contributed by atoms with E-state index in [-0.39, 0.29) is 5.78 Å². The van der Waals surface area contributed by atoms with Gasteiger partial charge in [-0.25, -0.2) is 0 Å². The number of benzene rings is 1. The fourth-order valence-electron chi connectivity index (χ4n) is 1.67. The van der Waals surface area contributed by atoms with Gasteiger partial charge in [0, 0.05) is 21.0 Å². The minimum Gasteiger partial charge on any atom is -0.294 e. The molecule has 0 aliphatic carbocycles.